The van der Waals surface area contributed by atoms with Crippen LogP contribution in [0.25, 0.3) is 43.1 Å². The van der Waals surface area contributed by atoms with Crippen molar-refractivity contribution in [2.45, 2.75) is 13.8 Å². The van der Waals surface area contributed by atoms with Gasteiger partial charge in [-0.15, -0.1) is 11.3 Å². The molecular formula is C32H28O2S. The van der Waals surface area contributed by atoms with Crippen LogP contribution in [-0.4, -0.2) is 14.2 Å². The highest BCUT2D eigenvalue weighted by Crippen LogP contribution is 2.52. The lowest BCUT2D eigenvalue weighted by Gasteiger charge is -2.13. The van der Waals surface area contributed by atoms with Gasteiger partial charge in [-0.05, 0) is 65.9 Å². The molecule has 0 amide bonds. The molecule has 4 aromatic carbocycles. The van der Waals surface area contributed by atoms with Gasteiger partial charge in [0.05, 0.1) is 14.2 Å². The summed E-state index contributed by atoms with van der Waals surface area (Å²) in [6, 6.07) is 34.3. The van der Waals surface area contributed by atoms with Crippen LogP contribution in [0.1, 0.15) is 11.1 Å². The Morgan fingerprint density at radius 3 is 1.51 bits per heavy atom. The first-order valence-electron chi connectivity index (χ1n) is 11.7. The molecule has 0 spiro atoms. The maximum atomic E-state index is 5.45. The Balaban J connectivity index is 1.86. The van der Waals surface area contributed by atoms with Gasteiger partial charge in [-0.3, -0.25) is 0 Å². The Hall–Kier alpha value is -3.82. The Morgan fingerprint density at radius 2 is 1.00 bits per heavy atom. The van der Waals surface area contributed by atoms with Crippen LogP contribution >= 0.6 is 11.3 Å². The second-order valence-electron chi connectivity index (χ2n) is 8.65. The molecule has 3 heteroatoms. The topological polar surface area (TPSA) is 18.5 Å². The van der Waals surface area contributed by atoms with Crippen LogP contribution in [0, 0.1) is 13.8 Å². The molecular weight excluding hydrogens is 448 g/mol. The van der Waals surface area contributed by atoms with Crippen molar-refractivity contribution >= 4 is 11.3 Å². The van der Waals surface area contributed by atoms with Crippen molar-refractivity contribution in [3.63, 3.8) is 0 Å². The summed E-state index contributed by atoms with van der Waals surface area (Å²) < 4.78 is 10.9. The Morgan fingerprint density at radius 1 is 0.514 bits per heavy atom. The molecule has 0 fully saturated rings. The van der Waals surface area contributed by atoms with E-state index in [-0.39, 0.29) is 0 Å². The number of thiophene rings is 1. The summed E-state index contributed by atoms with van der Waals surface area (Å²) in [6.07, 6.45) is 0. The van der Waals surface area contributed by atoms with E-state index in [2.05, 4.69) is 86.6 Å². The third-order valence-electron chi connectivity index (χ3n) is 6.37. The fourth-order valence-electron chi connectivity index (χ4n) is 4.42. The van der Waals surface area contributed by atoms with Gasteiger partial charge in [-0.2, -0.15) is 0 Å². The molecule has 0 aliphatic carbocycles. The summed E-state index contributed by atoms with van der Waals surface area (Å²) >= 11 is 1.86. The molecule has 5 rings (SSSR count). The summed E-state index contributed by atoms with van der Waals surface area (Å²) in [7, 11) is 3.41. The Bertz CT molecular complexity index is 1440. The molecule has 174 valence electrons. The van der Waals surface area contributed by atoms with Gasteiger partial charge in [0.15, 0.2) is 0 Å². The molecule has 0 aliphatic rings. The monoisotopic (exact) mass is 476 g/mol. The van der Waals surface area contributed by atoms with Gasteiger partial charge in [0.2, 0.25) is 0 Å². The summed E-state index contributed by atoms with van der Waals surface area (Å²) in [5.41, 5.74) is 9.83. The molecule has 0 N–H and O–H groups in total. The highest BCUT2D eigenvalue weighted by Gasteiger charge is 2.24. The van der Waals surface area contributed by atoms with Crippen molar-refractivity contribution < 1.29 is 9.47 Å². The van der Waals surface area contributed by atoms with E-state index in [0.717, 1.165) is 11.5 Å². The van der Waals surface area contributed by atoms with Crippen LogP contribution in [0.2, 0.25) is 0 Å². The van der Waals surface area contributed by atoms with Crippen LogP contribution in [0.5, 0.6) is 11.5 Å². The zero-order valence-corrected chi connectivity index (χ0v) is 21.3. The second kappa shape index (κ2) is 9.81. The van der Waals surface area contributed by atoms with Gasteiger partial charge in [0.25, 0.3) is 0 Å². The number of ether oxygens (including phenoxy) is 2. The smallest absolute Gasteiger partial charge is 0.118 e. The van der Waals surface area contributed by atoms with Crippen LogP contribution in [-0.2, 0) is 0 Å². The third-order valence-corrected chi connectivity index (χ3v) is 7.64. The van der Waals surface area contributed by atoms with E-state index in [1.54, 1.807) is 14.2 Å². The van der Waals surface area contributed by atoms with E-state index in [4.69, 9.17) is 9.47 Å². The van der Waals surface area contributed by atoms with Crippen LogP contribution in [0.3, 0.4) is 0 Å². The minimum Gasteiger partial charge on any atom is -0.497 e. The maximum absolute atomic E-state index is 5.45. The van der Waals surface area contributed by atoms with Gasteiger partial charge in [-0.25, -0.2) is 0 Å². The molecule has 35 heavy (non-hydrogen) atoms. The molecule has 5 aromatic rings. The average Bonchev–Trinajstić information content (AvgIpc) is 3.29. The highest BCUT2D eigenvalue weighted by molar-refractivity contribution is 7.20. The zero-order chi connectivity index (χ0) is 24.4. The molecule has 0 aliphatic heterocycles. The number of benzene rings is 4. The molecule has 0 radical (unpaired) electrons. The SMILES string of the molecule is COc1ccc(-c2c(-c3ccc(C)cc3)sc(-c3ccccc3C)c2-c2ccc(OC)cc2)cc1. The highest BCUT2D eigenvalue weighted by atomic mass is 32.1. The van der Waals surface area contributed by atoms with Gasteiger partial charge >= 0.3 is 0 Å². The minimum absolute atomic E-state index is 0.853. The Labute approximate surface area is 211 Å². The maximum Gasteiger partial charge on any atom is 0.118 e. The normalized spacial score (nSPS) is 10.9. The van der Waals surface area contributed by atoms with E-state index in [9.17, 15) is 0 Å². The van der Waals surface area contributed by atoms with E-state index < -0.39 is 0 Å². The van der Waals surface area contributed by atoms with Crippen molar-refractivity contribution in [3.8, 4) is 54.6 Å². The quantitative estimate of drug-likeness (QED) is 0.243. The van der Waals surface area contributed by atoms with Gasteiger partial charge < -0.3 is 9.47 Å². The van der Waals surface area contributed by atoms with Gasteiger partial charge in [0, 0.05) is 20.9 Å². The van der Waals surface area contributed by atoms with Crippen LogP contribution in [0.4, 0.5) is 0 Å². The number of hydrogen-bond donors (Lipinski definition) is 0. The molecule has 1 heterocycles. The number of aryl methyl sites for hydroxylation is 2. The fourth-order valence-corrected chi connectivity index (χ4v) is 5.86. The van der Waals surface area contributed by atoms with Gasteiger partial charge in [-0.1, -0.05) is 78.4 Å². The molecule has 0 atom stereocenters. The summed E-state index contributed by atoms with van der Waals surface area (Å²) in [5, 5.41) is 0. The van der Waals surface area contributed by atoms with Crippen molar-refractivity contribution in [3.05, 3.63) is 108 Å². The third kappa shape index (κ3) is 4.48. The average molecular weight is 477 g/mol. The van der Waals surface area contributed by atoms with Crippen molar-refractivity contribution in [2.75, 3.05) is 14.2 Å². The van der Waals surface area contributed by atoms with Gasteiger partial charge in [0.1, 0.15) is 11.5 Å². The van der Waals surface area contributed by atoms with Crippen LogP contribution < -0.4 is 9.47 Å². The largest absolute Gasteiger partial charge is 0.497 e. The summed E-state index contributed by atoms with van der Waals surface area (Å²) in [4.78, 5) is 2.54. The molecule has 0 saturated carbocycles. The molecule has 1 aromatic heterocycles. The molecule has 2 nitrogen and oxygen atoms in total. The molecule has 0 unspecified atom stereocenters. The van der Waals surface area contributed by atoms with Crippen molar-refractivity contribution in [2.24, 2.45) is 0 Å². The Kier molecular flexibility index (Phi) is 6.43. The zero-order valence-electron chi connectivity index (χ0n) is 20.5. The first kappa shape index (κ1) is 22.9. The van der Waals surface area contributed by atoms with E-state index in [0.29, 0.717) is 0 Å². The predicted octanol–water partition coefficient (Wildman–Crippen LogP) is 9.05. The minimum atomic E-state index is 0.853. The lowest BCUT2D eigenvalue weighted by Crippen LogP contribution is -1.89. The molecule has 0 bridgehead atoms. The number of methoxy groups -OCH3 is 2. The van der Waals surface area contributed by atoms with E-state index in [1.165, 1.54) is 54.3 Å². The van der Waals surface area contributed by atoms with E-state index in [1.807, 2.05) is 35.6 Å². The summed E-state index contributed by atoms with van der Waals surface area (Å²) in [6.45, 7) is 4.32. The molecule has 0 saturated heterocycles. The fraction of sp³-hybridized carbons (Fsp3) is 0.125. The second-order valence-corrected chi connectivity index (χ2v) is 9.67. The first-order chi connectivity index (χ1) is 17.1. The number of rotatable bonds is 6. The lowest BCUT2D eigenvalue weighted by atomic mass is 9.90. The summed E-state index contributed by atoms with van der Waals surface area (Å²) in [5.74, 6) is 1.71. The number of hydrogen-bond acceptors (Lipinski definition) is 3. The standard InChI is InChI=1S/C32H28O2S/c1-21-9-11-25(12-10-21)31-29(23-13-17-26(33-3)18-14-23)30(24-15-19-27(34-4)20-16-24)32(35-31)28-8-6-5-7-22(28)2/h5-20H,1-4H3. The van der Waals surface area contributed by atoms with Crippen molar-refractivity contribution in [1.82, 2.24) is 0 Å². The first-order valence-corrected chi connectivity index (χ1v) is 12.5. The van der Waals surface area contributed by atoms with Crippen molar-refractivity contribution in [1.29, 1.82) is 0 Å². The lowest BCUT2D eigenvalue weighted by molar-refractivity contribution is 0.414. The van der Waals surface area contributed by atoms with E-state index >= 15 is 0 Å². The van der Waals surface area contributed by atoms with Crippen LogP contribution in [0.15, 0.2) is 97.1 Å². The predicted molar refractivity (Wildman–Crippen MR) is 149 cm³/mol.